The van der Waals surface area contributed by atoms with Crippen molar-refractivity contribution in [1.82, 2.24) is 5.32 Å². The Balaban J connectivity index is 1.38. The van der Waals surface area contributed by atoms with Gasteiger partial charge in [-0.1, -0.05) is 72.3 Å². The van der Waals surface area contributed by atoms with Crippen LogP contribution in [0.1, 0.15) is 17.5 Å². The molecule has 0 aromatic heterocycles. The molecule has 0 fully saturated rings. The van der Waals surface area contributed by atoms with E-state index in [9.17, 15) is 4.79 Å². The fraction of sp³-hybridized carbons (Fsp3) is 0.227. The Morgan fingerprint density at radius 2 is 1.65 bits per heavy atom. The molecule has 0 heterocycles. The lowest BCUT2D eigenvalue weighted by molar-refractivity contribution is -0.120. The second kappa shape index (κ2) is 9.65. The van der Waals surface area contributed by atoms with E-state index in [4.69, 9.17) is 11.6 Å². The highest BCUT2D eigenvalue weighted by Crippen LogP contribution is 2.21. The molecule has 0 radical (unpaired) electrons. The molecule has 0 bridgehead atoms. The number of hydrogen-bond acceptors (Lipinski definition) is 2. The maximum Gasteiger partial charge on any atom is 0.220 e. The number of hydrogen-bond donors (Lipinski definition) is 1. The third kappa shape index (κ3) is 5.26. The van der Waals surface area contributed by atoms with Gasteiger partial charge in [0.1, 0.15) is 0 Å². The van der Waals surface area contributed by atoms with Crippen molar-refractivity contribution in [3.05, 3.63) is 82.9 Å². The number of amides is 1. The molecule has 0 unspecified atom stereocenters. The number of benzene rings is 3. The Morgan fingerprint density at radius 1 is 0.923 bits per heavy atom. The van der Waals surface area contributed by atoms with Crippen LogP contribution in [-0.4, -0.2) is 18.2 Å². The van der Waals surface area contributed by atoms with Crippen LogP contribution in [0.3, 0.4) is 0 Å². The minimum absolute atomic E-state index is 0.108. The SMILES string of the molecule is O=C(CCc1cccc2ccccc12)NCCSCc1ccccc1Cl. The van der Waals surface area contributed by atoms with Gasteiger partial charge >= 0.3 is 0 Å². The van der Waals surface area contributed by atoms with Crippen LogP contribution in [0.2, 0.25) is 5.02 Å². The second-order valence-corrected chi connectivity index (χ2v) is 7.64. The maximum absolute atomic E-state index is 12.1. The Labute approximate surface area is 163 Å². The van der Waals surface area contributed by atoms with E-state index >= 15 is 0 Å². The minimum Gasteiger partial charge on any atom is -0.355 e. The first-order valence-electron chi connectivity index (χ1n) is 8.78. The van der Waals surface area contributed by atoms with Crippen LogP contribution >= 0.6 is 23.4 Å². The van der Waals surface area contributed by atoms with Crippen molar-refractivity contribution in [2.24, 2.45) is 0 Å². The predicted octanol–water partition coefficient (Wildman–Crippen LogP) is 5.48. The lowest BCUT2D eigenvalue weighted by atomic mass is 10.0. The van der Waals surface area contributed by atoms with E-state index < -0.39 is 0 Å². The number of carbonyl (C=O) groups is 1. The van der Waals surface area contributed by atoms with E-state index in [0.717, 1.165) is 28.5 Å². The number of carbonyl (C=O) groups excluding carboxylic acids is 1. The fourth-order valence-electron chi connectivity index (χ4n) is 2.91. The standard InChI is InChI=1S/C22H22ClNOS/c23-21-11-4-2-7-19(21)16-26-15-14-24-22(25)13-12-18-9-5-8-17-6-1-3-10-20(17)18/h1-11H,12-16H2,(H,24,25). The van der Waals surface area contributed by atoms with Crippen LogP contribution in [0, 0.1) is 0 Å². The second-order valence-electron chi connectivity index (χ2n) is 6.13. The number of rotatable bonds is 8. The summed E-state index contributed by atoms with van der Waals surface area (Å²) in [5.74, 6) is 1.85. The van der Waals surface area contributed by atoms with E-state index in [2.05, 4.69) is 35.6 Å². The summed E-state index contributed by atoms with van der Waals surface area (Å²) >= 11 is 7.93. The molecule has 3 rings (SSSR count). The van der Waals surface area contributed by atoms with Crippen LogP contribution in [0.25, 0.3) is 10.8 Å². The summed E-state index contributed by atoms with van der Waals surface area (Å²) in [6, 6.07) is 22.5. The monoisotopic (exact) mass is 383 g/mol. The summed E-state index contributed by atoms with van der Waals surface area (Å²) in [5.41, 5.74) is 2.37. The van der Waals surface area contributed by atoms with E-state index in [1.165, 1.54) is 16.3 Å². The molecule has 0 saturated carbocycles. The van der Waals surface area contributed by atoms with Gasteiger partial charge in [0.05, 0.1) is 0 Å². The normalized spacial score (nSPS) is 10.8. The molecule has 0 aliphatic heterocycles. The number of halogens is 1. The molecule has 26 heavy (non-hydrogen) atoms. The van der Waals surface area contributed by atoms with Crippen molar-refractivity contribution in [3.8, 4) is 0 Å². The summed E-state index contributed by atoms with van der Waals surface area (Å²) in [6.07, 6.45) is 1.28. The lowest BCUT2D eigenvalue weighted by Gasteiger charge is -2.08. The zero-order chi connectivity index (χ0) is 18.2. The molecular formula is C22H22ClNOS. The Hall–Kier alpha value is -1.97. The molecule has 0 aliphatic rings. The van der Waals surface area contributed by atoms with E-state index in [0.29, 0.717) is 13.0 Å². The van der Waals surface area contributed by atoms with E-state index in [1.54, 1.807) is 11.8 Å². The van der Waals surface area contributed by atoms with Crippen LogP contribution in [0.15, 0.2) is 66.7 Å². The number of nitrogens with one attached hydrogen (secondary N) is 1. The van der Waals surface area contributed by atoms with Crippen LogP contribution < -0.4 is 5.32 Å². The van der Waals surface area contributed by atoms with Gasteiger partial charge in [0.15, 0.2) is 0 Å². The average Bonchev–Trinajstić information content (AvgIpc) is 2.67. The molecule has 0 aliphatic carbocycles. The molecule has 1 amide bonds. The summed E-state index contributed by atoms with van der Waals surface area (Å²) in [6.45, 7) is 0.684. The minimum atomic E-state index is 0.108. The topological polar surface area (TPSA) is 29.1 Å². The van der Waals surface area contributed by atoms with Gasteiger partial charge < -0.3 is 5.32 Å². The maximum atomic E-state index is 12.1. The molecule has 3 aromatic carbocycles. The Kier molecular flexibility index (Phi) is 6.98. The molecule has 0 atom stereocenters. The van der Waals surface area contributed by atoms with Crippen molar-refractivity contribution < 1.29 is 4.79 Å². The fourth-order valence-corrected chi connectivity index (χ4v) is 4.05. The smallest absolute Gasteiger partial charge is 0.220 e. The van der Waals surface area contributed by atoms with E-state index in [-0.39, 0.29) is 5.91 Å². The van der Waals surface area contributed by atoms with Gasteiger partial charge in [0.25, 0.3) is 0 Å². The van der Waals surface area contributed by atoms with Crippen molar-refractivity contribution in [3.63, 3.8) is 0 Å². The molecule has 3 aromatic rings. The Morgan fingerprint density at radius 3 is 2.54 bits per heavy atom. The van der Waals surface area contributed by atoms with Gasteiger partial charge in [-0.05, 0) is 34.4 Å². The first-order valence-corrected chi connectivity index (χ1v) is 10.3. The van der Waals surface area contributed by atoms with Crippen LogP contribution in [0.4, 0.5) is 0 Å². The van der Waals surface area contributed by atoms with Crippen molar-refractivity contribution in [2.75, 3.05) is 12.3 Å². The van der Waals surface area contributed by atoms with Gasteiger partial charge in [-0.3, -0.25) is 4.79 Å². The Bertz CT molecular complexity index is 875. The summed E-state index contributed by atoms with van der Waals surface area (Å²) in [4.78, 5) is 12.1. The third-order valence-electron chi connectivity index (χ3n) is 4.29. The van der Waals surface area contributed by atoms with E-state index in [1.807, 2.05) is 36.4 Å². The first kappa shape index (κ1) is 18.8. The van der Waals surface area contributed by atoms with Gasteiger partial charge in [-0.25, -0.2) is 0 Å². The van der Waals surface area contributed by atoms with Crippen molar-refractivity contribution in [1.29, 1.82) is 0 Å². The highest BCUT2D eigenvalue weighted by molar-refractivity contribution is 7.98. The van der Waals surface area contributed by atoms with Crippen molar-refractivity contribution in [2.45, 2.75) is 18.6 Å². The lowest BCUT2D eigenvalue weighted by Crippen LogP contribution is -2.25. The molecular weight excluding hydrogens is 362 g/mol. The number of fused-ring (bicyclic) bond motifs is 1. The molecule has 2 nitrogen and oxygen atoms in total. The predicted molar refractivity (Wildman–Crippen MR) is 113 cm³/mol. The van der Waals surface area contributed by atoms with Crippen LogP contribution in [-0.2, 0) is 17.0 Å². The zero-order valence-electron chi connectivity index (χ0n) is 14.6. The summed E-state index contributed by atoms with van der Waals surface area (Å²) in [7, 11) is 0. The summed E-state index contributed by atoms with van der Waals surface area (Å²) < 4.78 is 0. The molecule has 4 heteroatoms. The molecule has 134 valence electrons. The van der Waals surface area contributed by atoms with Gasteiger partial charge in [-0.15, -0.1) is 0 Å². The van der Waals surface area contributed by atoms with Crippen molar-refractivity contribution >= 4 is 40.0 Å². The van der Waals surface area contributed by atoms with Crippen LogP contribution in [0.5, 0.6) is 0 Å². The average molecular weight is 384 g/mol. The highest BCUT2D eigenvalue weighted by atomic mass is 35.5. The zero-order valence-corrected chi connectivity index (χ0v) is 16.2. The number of aryl methyl sites for hydroxylation is 1. The summed E-state index contributed by atoms with van der Waals surface area (Å²) in [5, 5.41) is 6.27. The third-order valence-corrected chi connectivity index (χ3v) is 5.66. The van der Waals surface area contributed by atoms with Gasteiger partial charge in [0, 0.05) is 29.5 Å². The van der Waals surface area contributed by atoms with Gasteiger partial charge in [0.2, 0.25) is 5.91 Å². The number of thioether (sulfide) groups is 1. The molecule has 1 N–H and O–H groups in total. The molecule has 0 spiro atoms. The highest BCUT2D eigenvalue weighted by Gasteiger charge is 2.05. The molecule has 0 saturated heterocycles. The quantitative estimate of drug-likeness (QED) is 0.522. The largest absolute Gasteiger partial charge is 0.355 e. The first-order chi connectivity index (χ1) is 12.7. The van der Waals surface area contributed by atoms with Gasteiger partial charge in [-0.2, -0.15) is 11.8 Å².